The molecule has 166 valence electrons. The summed E-state index contributed by atoms with van der Waals surface area (Å²) in [7, 11) is 0. The quantitative estimate of drug-likeness (QED) is 0.333. The van der Waals surface area contributed by atoms with Gasteiger partial charge in [0.1, 0.15) is 5.82 Å². The molecule has 0 saturated heterocycles. The molecular weight excluding hydrogens is 432 g/mol. The largest absolute Gasteiger partial charge is 0.311 e. The van der Waals surface area contributed by atoms with E-state index < -0.39 is 5.25 Å². The first-order chi connectivity index (χ1) is 16.0. The Labute approximate surface area is 196 Å². The molecule has 0 bridgehead atoms. The monoisotopic (exact) mass is 456 g/mol. The van der Waals surface area contributed by atoms with Crippen molar-refractivity contribution in [3.8, 4) is 5.82 Å². The zero-order chi connectivity index (χ0) is 22.9. The third kappa shape index (κ3) is 4.04. The van der Waals surface area contributed by atoms with Gasteiger partial charge in [-0.2, -0.15) is 0 Å². The standard InChI is InChI=1S/C26H24N4O2S/c1-17-13-14-27-23(16-17)30-25(32)20-10-4-5-11-21(20)28-26(30)33-18(2)24(31)29-15-7-9-19-8-3-6-12-22(19)29/h3-6,8,10-14,16,18H,7,9,15H2,1-2H3. The number of benzene rings is 2. The first kappa shape index (κ1) is 21.4. The zero-order valence-electron chi connectivity index (χ0n) is 18.6. The second-order valence-electron chi connectivity index (χ2n) is 8.23. The number of nitrogens with zero attached hydrogens (tertiary/aromatic N) is 4. The summed E-state index contributed by atoms with van der Waals surface area (Å²) >= 11 is 1.30. The van der Waals surface area contributed by atoms with Gasteiger partial charge in [0.25, 0.3) is 5.56 Å². The van der Waals surface area contributed by atoms with Crippen LogP contribution < -0.4 is 10.5 Å². The number of fused-ring (bicyclic) bond motifs is 2. The van der Waals surface area contributed by atoms with Crippen LogP contribution in [0, 0.1) is 6.92 Å². The number of para-hydroxylation sites is 2. The van der Waals surface area contributed by atoms with Crippen molar-refractivity contribution in [3.05, 3.63) is 88.3 Å². The van der Waals surface area contributed by atoms with E-state index in [1.165, 1.54) is 21.9 Å². The van der Waals surface area contributed by atoms with Gasteiger partial charge in [-0.3, -0.25) is 9.59 Å². The third-order valence-corrected chi connectivity index (χ3v) is 6.92. The van der Waals surface area contributed by atoms with Gasteiger partial charge in [0.15, 0.2) is 5.16 Å². The Hall–Kier alpha value is -3.45. The number of aromatic nitrogens is 3. The van der Waals surface area contributed by atoms with E-state index in [2.05, 4.69) is 11.1 Å². The maximum absolute atomic E-state index is 13.5. The lowest BCUT2D eigenvalue weighted by Gasteiger charge is -2.31. The van der Waals surface area contributed by atoms with E-state index in [4.69, 9.17) is 4.98 Å². The topological polar surface area (TPSA) is 68.1 Å². The van der Waals surface area contributed by atoms with Gasteiger partial charge in [-0.05, 0) is 68.1 Å². The molecule has 0 fully saturated rings. The summed E-state index contributed by atoms with van der Waals surface area (Å²) in [4.78, 5) is 38.0. The van der Waals surface area contributed by atoms with E-state index in [1.807, 2.05) is 67.3 Å². The summed E-state index contributed by atoms with van der Waals surface area (Å²) in [5, 5.41) is 0.553. The molecule has 6 nitrogen and oxygen atoms in total. The molecule has 1 aliphatic rings. The molecule has 0 aliphatic carbocycles. The first-order valence-corrected chi connectivity index (χ1v) is 11.9. The van der Waals surface area contributed by atoms with Crippen LogP contribution in [0.5, 0.6) is 0 Å². The number of hydrogen-bond acceptors (Lipinski definition) is 5. The lowest BCUT2D eigenvalue weighted by Crippen LogP contribution is -2.40. The van der Waals surface area contributed by atoms with Gasteiger partial charge in [0.05, 0.1) is 16.2 Å². The minimum absolute atomic E-state index is 0.0123. The summed E-state index contributed by atoms with van der Waals surface area (Å²) in [6.07, 6.45) is 3.60. The Morgan fingerprint density at radius 2 is 1.88 bits per heavy atom. The Kier molecular flexibility index (Phi) is 5.72. The molecule has 1 amide bonds. The van der Waals surface area contributed by atoms with Crippen LogP contribution in [0.3, 0.4) is 0 Å². The molecular formula is C26H24N4O2S. The molecule has 1 aliphatic heterocycles. The average molecular weight is 457 g/mol. The van der Waals surface area contributed by atoms with Gasteiger partial charge in [-0.25, -0.2) is 14.5 Å². The Bertz CT molecular complexity index is 1420. The second kappa shape index (κ2) is 8.83. The number of thioether (sulfide) groups is 1. The summed E-state index contributed by atoms with van der Waals surface area (Å²) in [6.45, 7) is 4.52. The maximum Gasteiger partial charge on any atom is 0.267 e. The van der Waals surface area contributed by atoms with Gasteiger partial charge in [-0.1, -0.05) is 42.1 Å². The fourth-order valence-electron chi connectivity index (χ4n) is 4.23. The van der Waals surface area contributed by atoms with Crippen molar-refractivity contribution in [3.63, 3.8) is 0 Å². The fourth-order valence-corrected chi connectivity index (χ4v) is 5.20. The normalized spacial score (nSPS) is 14.2. The maximum atomic E-state index is 13.5. The number of hydrogen-bond donors (Lipinski definition) is 0. The van der Waals surface area contributed by atoms with Crippen molar-refractivity contribution in [1.82, 2.24) is 14.5 Å². The highest BCUT2D eigenvalue weighted by atomic mass is 32.2. The molecule has 7 heteroatoms. The van der Waals surface area contributed by atoms with Crippen LogP contribution in [0.1, 0.15) is 24.5 Å². The van der Waals surface area contributed by atoms with Crippen molar-refractivity contribution in [2.75, 3.05) is 11.4 Å². The summed E-state index contributed by atoms with van der Waals surface area (Å²) in [6, 6.07) is 19.1. The molecule has 4 aromatic rings. The van der Waals surface area contributed by atoms with E-state index in [9.17, 15) is 9.59 Å². The van der Waals surface area contributed by atoms with Crippen molar-refractivity contribution in [2.45, 2.75) is 37.1 Å². The van der Waals surface area contributed by atoms with Gasteiger partial charge in [-0.15, -0.1) is 0 Å². The van der Waals surface area contributed by atoms with Crippen molar-refractivity contribution < 1.29 is 4.79 Å². The van der Waals surface area contributed by atoms with Crippen LogP contribution in [0.2, 0.25) is 0 Å². The molecule has 2 aromatic heterocycles. The van der Waals surface area contributed by atoms with Crippen LogP contribution in [0.4, 0.5) is 5.69 Å². The first-order valence-electron chi connectivity index (χ1n) is 11.0. The molecule has 3 heterocycles. The SMILES string of the molecule is Cc1ccnc(-n2c(SC(C)C(=O)N3CCCc4ccccc43)nc3ccccc3c2=O)c1. The number of anilines is 1. The lowest BCUT2D eigenvalue weighted by molar-refractivity contribution is -0.117. The molecule has 0 N–H and O–H groups in total. The number of carbonyl (C=O) groups is 1. The molecule has 2 aromatic carbocycles. The van der Waals surface area contributed by atoms with Crippen LogP contribution >= 0.6 is 11.8 Å². The fraction of sp³-hybridized carbons (Fsp3) is 0.231. The van der Waals surface area contributed by atoms with Crippen molar-refractivity contribution >= 4 is 34.3 Å². The zero-order valence-corrected chi connectivity index (χ0v) is 19.4. The predicted molar refractivity (Wildman–Crippen MR) is 132 cm³/mol. The van der Waals surface area contributed by atoms with Crippen LogP contribution in [-0.2, 0) is 11.2 Å². The Morgan fingerprint density at radius 1 is 1.09 bits per heavy atom. The smallest absolute Gasteiger partial charge is 0.267 e. The number of rotatable bonds is 4. The molecule has 0 spiro atoms. The third-order valence-electron chi connectivity index (χ3n) is 5.88. The number of carbonyl (C=O) groups excluding carboxylic acids is 1. The number of pyridine rings is 1. The van der Waals surface area contributed by atoms with Gasteiger partial charge >= 0.3 is 0 Å². The van der Waals surface area contributed by atoms with E-state index in [1.54, 1.807) is 12.3 Å². The molecule has 0 radical (unpaired) electrons. The van der Waals surface area contributed by atoms with Gasteiger partial charge in [0, 0.05) is 18.4 Å². The van der Waals surface area contributed by atoms with Crippen LogP contribution in [0.25, 0.3) is 16.7 Å². The molecule has 33 heavy (non-hydrogen) atoms. The summed E-state index contributed by atoms with van der Waals surface area (Å²) in [5.74, 6) is 0.516. The van der Waals surface area contributed by atoms with E-state index in [0.29, 0.717) is 28.4 Å². The van der Waals surface area contributed by atoms with E-state index in [-0.39, 0.29) is 11.5 Å². The molecule has 0 saturated carbocycles. The Balaban J connectivity index is 1.55. The average Bonchev–Trinajstić information content (AvgIpc) is 2.83. The number of aryl methyl sites for hydroxylation is 2. The molecule has 1 atom stereocenters. The van der Waals surface area contributed by atoms with Crippen LogP contribution in [-0.4, -0.2) is 32.2 Å². The lowest BCUT2D eigenvalue weighted by atomic mass is 10.0. The van der Waals surface area contributed by atoms with E-state index in [0.717, 1.165) is 24.1 Å². The minimum atomic E-state index is -0.430. The Morgan fingerprint density at radius 3 is 2.73 bits per heavy atom. The summed E-state index contributed by atoms with van der Waals surface area (Å²) in [5.41, 5.74) is 3.58. The van der Waals surface area contributed by atoms with Gasteiger partial charge in [0.2, 0.25) is 5.91 Å². The van der Waals surface area contributed by atoms with E-state index >= 15 is 0 Å². The van der Waals surface area contributed by atoms with Crippen molar-refractivity contribution in [2.24, 2.45) is 0 Å². The minimum Gasteiger partial charge on any atom is -0.311 e. The predicted octanol–water partition coefficient (Wildman–Crippen LogP) is 4.55. The van der Waals surface area contributed by atoms with Gasteiger partial charge < -0.3 is 4.90 Å². The molecule has 1 unspecified atom stereocenters. The highest BCUT2D eigenvalue weighted by Gasteiger charge is 2.28. The highest BCUT2D eigenvalue weighted by Crippen LogP contribution is 2.31. The van der Waals surface area contributed by atoms with Crippen LogP contribution in [0.15, 0.2) is 76.8 Å². The van der Waals surface area contributed by atoms with Crippen molar-refractivity contribution in [1.29, 1.82) is 0 Å². The molecule has 5 rings (SSSR count). The summed E-state index contributed by atoms with van der Waals surface area (Å²) < 4.78 is 1.52. The second-order valence-corrected chi connectivity index (χ2v) is 9.53. The highest BCUT2D eigenvalue weighted by molar-refractivity contribution is 8.00. The number of amides is 1.